The molecule has 0 amide bonds. The molecule has 1 aliphatic heterocycles. The molecule has 6 nitrogen and oxygen atoms in total. The van der Waals surface area contributed by atoms with E-state index in [1.165, 1.54) is 7.11 Å². The lowest BCUT2D eigenvalue weighted by molar-refractivity contribution is 0.0601. The first-order chi connectivity index (χ1) is 9.92. The van der Waals surface area contributed by atoms with E-state index in [9.17, 15) is 9.90 Å². The number of aliphatic hydroxyl groups is 1. The van der Waals surface area contributed by atoms with Crippen molar-refractivity contribution in [2.75, 3.05) is 44.9 Å². The number of aliphatic hydroxyl groups excluding tert-OH is 1. The van der Waals surface area contributed by atoms with E-state index < -0.39 is 0 Å². The van der Waals surface area contributed by atoms with Crippen LogP contribution in [-0.4, -0.2) is 62.4 Å². The monoisotopic (exact) mass is 293 g/mol. The standard InChI is InChI=1S/C15H23N3O3/c1-17(2)8-11-7-12(19)9-18(11)14-6-10(15(20)21-3)4-5-13(14)16/h4-6,11-12,19H,7-9,16H2,1-3H3. The minimum Gasteiger partial charge on any atom is -0.465 e. The molecule has 0 saturated carbocycles. The van der Waals surface area contributed by atoms with E-state index in [1.807, 2.05) is 14.1 Å². The number of likely N-dealkylation sites (N-methyl/N-ethyl adjacent to an activating group) is 1. The van der Waals surface area contributed by atoms with Gasteiger partial charge in [-0.1, -0.05) is 0 Å². The summed E-state index contributed by atoms with van der Waals surface area (Å²) in [5, 5.41) is 9.97. The molecule has 1 heterocycles. The molecule has 0 aliphatic carbocycles. The van der Waals surface area contributed by atoms with Crippen molar-refractivity contribution in [1.82, 2.24) is 4.90 Å². The first-order valence-corrected chi connectivity index (χ1v) is 6.99. The maximum atomic E-state index is 11.7. The molecule has 3 N–H and O–H groups in total. The zero-order chi connectivity index (χ0) is 15.6. The fourth-order valence-electron chi connectivity index (χ4n) is 2.82. The summed E-state index contributed by atoms with van der Waals surface area (Å²) in [6.45, 7) is 1.34. The van der Waals surface area contributed by atoms with Gasteiger partial charge in [0.2, 0.25) is 0 Å². The number of methoxy groups -OCH3 is 1. The summed E-state index contributed by atoms with van der Waals surface area (Å²) < 4.78 is 4.75. The van der Waals surface area contributed by atoms with E-state index in [1.54, 1.807) is 18.2 Å². The van der Waals surface area contributed by atoms with Crippen LogP contribution in [-0.2, 0) is 4.74 Å². The van der Waals surface area contributed by atoms with E-state index in [0.717, 1.165) is 12.2 Å². The number of benzene rings is 1. The number of carbonyl (C=O) groups excluding carboxylic acids is 1. The second-order valence-electron chi connectivity index (χ2n) is 5.72. The molecule has 1 saturated heterocycles. The maximum absolute atomic E-state index is 11.7. The highest BCUT2D eigenvalue weighted by molar-refractivity contribution is 5.92. The number of carbonyl (C=O) groups is 1. The van der Waals surface area contributed by atoms with Crippen LogP contribution in [0.4, 0.5) is 11.4 Å². The number of esters is 1. The van der Waals surface area contributed by atoms with Gasteiger partial charge < -0.3 is 25.4 Å². The maximum Gasteiger partial charge on any atom is 0.337 e. The molecule has 1 aliphatic rings. The number of rotatable bonds is 4. The van der Waals surface area contributed by atoms with Gasteiger partial charge in [-0.15, -0.1) is 0 Å². The highest BCUT2D eigenvalue weighted by atomic mass is 16.5. The lowest BCUT2D eigenvalue weighted by Crippen LogP contribution is -2.38. The molecule has 0 spiro atoms. The molecular formula is C15H23N3O3. The van der Waals surface area contributed by atoms with E-state index >= 15 is 0 Å². The summed E-state index contributed by atoms with van der Waals surface area (Å²) in [5.41, 5.74) is 7.90. The number of hydrogen-bond acceptors (Lipinski definition) is 6. The Bertz CT molecular complexity index is 519. The van der Waals surface area contributed by atoms with Crippen LogP contribution in [0.3, 0.4) is 0 Å². The van der Waals surface area contributed by atoms with Crippen molar-refractivity contribution in [2.45, 2.75) is 18.6 Å². The second-order valence-corrected chi connectivity index (χ2v) is 5.72. The minimum atomic E-state index is -0.389. The number of nitrogen functional groups attached to an aromatic ring is 1. The molecule has 6 heteroatoms. The van der Waals surface area contributed by atoms with Crippen LogP contribution in [0.15, 0.2) is 18.2 Å². The van der Waals surface area contributed by atoms with E-state index in [-0.39, 0.29) is 18.1 Å². The van der Waals surface area contributed by atoms with Gasteiger partial charge in [0.25, 0.3) is 0 Å². The minimum absolute atomic E-state index is 0.171. The molecule has 2 rings (SSSR count). The zero-order valence-corrected chi connectivity index (χ0v) is 12.7. The van der Waals surface area contributed by atoms with Gasteiger partial charge >= 0.3 is 5.97 Å². The highest BCUT2D eigenvalue weighted by Gasteiger charge is 2.32. The summed E-state index contributed by atoms with van der Waals surface area (Å²) in [6.07, 6.45) is 0.316. The van der Waals surface area contributed by atoms with Crippen molar-refractivity contribution < 1.29 is 14.6 Å². The topological polar surface area (TPSA) is 79.0 Å². The lowest BCUT2D eigenvalue weighted by atomic mass is 10.1. The number of nitrogens with two attached hydrogens (primary N) is 1. The average molecular weight is 293 g/mol. The number of hydrogen-bond donors (Lipinski definition) is 2. The largest absolute Gasteiger partial charge is 0.465 e. The first-order valence-electron chi connectivity index (χ1n) is 6.99. The summed E-state index contributed by atoms with van der Waals surface area (Å²) in [5.74, 6) is -0.389. The molecule has 1 aromatic rings. The SMILES string of the molecule is COC(=O)c1ccc(N)c(N2CC(O)CC2CN(C)C)c1. The smallest absolute Gasteiger partial charge is 0.337 e. The number of anilines is 2. The Morgan fingerprint density at radius 2 is 2.24 bits per heavy atom. The number of nitrogens with zero attached hydrogens (tertiary/aromatic N) is 2. The molecule has 2 atom stereocenters. The molecule has 0 radical (unpaired) electrons. The Balaban J connectivity index is 2.32. The van der Waals surface area contributed by atoms with E-state index in [2.05, 4.69) is 9.80 Å². The van der Waals surface area contributed by atoms with Gasteiger partial charge in [-0.25, -0.2) is 4.79 Å². The molecule has 21 heavy (non-hydrogen) atoms. The fourth-order valence-corrected chi connectivity index (χ4v) is 2.82. The van der Waals surface area contributed by atoms with Crippen molar-refractivity contribution in [2.24, 2.45) is 0 Å². The number of ether oxygens (including phenoxy) is 1. The third-order valence-electron chi connectivity index (χ3n) is 3.73. The van der Waals surface area contributed by atoms with Crippen molar-refractivity contribution in [3.05, 3.63) is 23.8 Å². The second kappa shape index (κ2) is 6.32. The van der Waals surface area contributed by atoms with Crippen LogP contribution in [0, 0.1) is 0 Å². The van der Waals surface area contributed by atoms with Crippen LogP contribution >= 0.6 is 0 Å². The van der Waals surface area contributed by atoms with Gasteiger partial charge in [-0.05, 0) is 38.7 Å². The third-order valence-corrected chi connectivity index (χ3v) is 3.73. The van der Waals surface area contributed by atoms with Crippen molar-refractivity contribution in [1.29, 1.82) is 0 Å². The van der Waals surface area contributed by atoms with Crippen molar-refractivity contribution in [3.8, 4) is 0 Å². The average Bonchev–Trinajstić information content (AvgIpc) is 2.78. The number of β-amino-alcohol motifs (C(OH)–C–C–N with tert-alkyl or cyclic N) is 1. The van der Waals surface area contributed by atoms with Gasteiger partial charge in [-0.3, -0.25) is 0 Å². The zero-order valence-electron chi connectivity index (χ0n) is 12.7. The van der Waals surface area contributed by atoms with Gasteiger partial charge in [-0.2, -0.15) is 0 Å². The Morgan fingerprint density at radius 1 is 1.52 bits per heavy atom. The van der Waals surface area contributed by atoms with E-state index in [0.29, 0.717) is 24.2 Å². The van der Waals surface area contributed by atoms with Crippen LogP contribution < -0.4 is 10.6 Å². The van der Waals surface area contributed by atoms with Crippen LogP contribution in [0.1, 0.15) is 16.8 Å². The summed E-state index contributed by atoms with van der Waals surface area (Å²) in [7, 11) is 5.35. The predicted molar refractivity (Wildman–Crippen MR) is 82.5 cm³/mol. The predicted octanol–water partition coefficient (Wildman–Crippen LogP) is 0.557. The Kier molecular flexibility index (Phi) is 4.69. The Hall–Kier alpha value is -1.79. The van der Waals surface area contributed by atoms with Gasteiger partial charge in [0.05, 0.1) is 30.2 Å². The fraction of sp³-hybridized carbons (Fsp3) is 0.533. The molecule has 1 fully saturated rings. The van der Waals surface area contributed by atoms with Crippen LogP contribution in [0.25, 0.3) is 0 Å². The highest BCUT2D eigenvalue weighted by Crippen LogP contribution is 2.32. The van der Waals surface area contributed by atoms with Gasteiger partial charge in [0.1, 0.15) is 0 Å². The van der Waals surface area contributed by atoms with Crippen molar-refractivity contribution >= 4 is 17.3 Å². The third kappa shape index (κ3) is 3.46. The molecule has 1 aromatic carbocycles. The molecule has 116 valence electrons. The van der Waals surface area contributed by atoms with Crippen LogP contribution in [0.5, 0.6) is 0 Å². The van der Waals surface area contributed by atoms with Gasteiger partial charge in [0, 0.05) is 19.1 Å². The molecule has 2 unspecified atom stereocenters. The quantitative estimate of drug-likeness (QED) is 0.624. The van der Waals surface area contributed by atoms with Crippen LogP contribution in [0.2, 0.25) is 0 Å². The first kappa shape index (κ1) is 15.6. The molecule has 0 bridgehead atoms. The summed E-state index contributed by atoms with van der Waals surface area (Å²) in [4.78, 5) is 15.8. The Morgan fingerprint density at radius 3 is 2.86 bits per heavy atom. The molecule has 0 aromatic heterocycles. The van der Waals surface area contributed by atoms with Gasteiger partial charge in [0.15, 0.2) is 0 Å². The normalized spacial score (nSPS) is 21.9. The molecular weight excluding hydrogens is 270 g/mol. The summed E-state index contributed by atoms with van der Waals surface area (Å²) >= 11 is 0. The van der Waals surface area contributed by atoms with E-state index in [4.69, 9.17) is 10.5 Å². The van der Waals surface area contributed by atoms with Crippen molar-refractivity contribution in [3.63, 3.8) is 0 Å². The Labute approximate surface area is 125 Å². The summed E-state index contributed by atoms with van der Waals surface area (Å²) in [6, 6.07) is 5.27. The lowest BCUT2D eigenvalue weighted by Gasteiger charge is -2.30.